The van der Waals surface area contributed by atoms with Crippen LogP contribution in [0.3, 0.4) is 0 Å². The minimum atomic E-state index is -1.77. The first-order valence-corrected chi connectivity index (χ1v) is 16.7. The van der Waals surface area contributed by atoms with E-state index in [9.17, 15) is 0 Å². The fraction of sp³-hybridized carbons (Fsp3) is 0.750. The van der Waals surface area contributed by atoms with Crippen LogP contribution in [0.1, 0.15) is 91.5 Å². The number of ether oxygens (including phenoxy) is 1. The molecule has 1 aromatic heterocycles. The number of benzene rings is 1. The summed E-state index contributed by atoms with van der Waals surface area (Å²) < 4.78 is 27.9. The molecular weight excluding hydrogens is 467 g/mol. The highest BCUT2D eigenvalue weighted by Crippen LogP contribution is 2.39. The maximum atomic E-state index is 6.60. The smallest absolute Gasteiger partial charge is 0.417 e. The summed E-state index contributed by atoms with van der Waals surface area (Å²) in [6.45, 7) is 23.8. The van der Waals surface area contributed by atoms with Crippen molar-refractivity contribution in [3.05, 3.63) is 23.4 Å². The molecule has 0 bridgehead atoms. The molecule has 0 saturated carbocycles. The van der Waals surface area contributed by atoms with Gasteiger partial charge in [0.05, 0.1) is 22.9 Å². The summed E-state index contributed by atoms with van der Waals surface area (Å²) in [6.07, 6.45) is 7.14. The van der Waals surface area contributed by atoms with Gasteiger partial charge < -0.3 is 18.5 Å². The minimum Gasteiger partial charge on any atom is -0.417 e. The lowest BCUT2D eigenvalue weighted by Gasteiger charge is -2.36. The van der Waals surface area contributed by atoms with Crippen molar-refractivity contribution in [1.82, 2.24) is 9.78 Å². The normalized spacial score (nSPS) is 22.5. The number of rotatable bonds is 7. The predicted molar refractivity (Wildman–Crippen MR) is 150 cm³/mol. The Bertz CT molecular complexity index is 1070. The summed E-state index contributed by atoms with van der Waals surface area (Å²) in [5, 5.41) is 6.14. The van der Waals surface area contributed by atoms with Gasteiger partial charge in [-0.2, -0.15) is 5.10 Å². The molecule has 8 heteroatoms. The molecule has 0 spiro atoms. The van der Waals surface area contributed by atoms with Crippen molar-refractivity contribution in [2.45, 2.75) is 123 Å². The van der Waals surface area contributed by atoms with Gasteiger partial charge in [-0.1, -0.05) is 20.8 Å². The van der Waals surface area contributed by atoms with Crippen molar-refractivity contribution in [2.24, 2.45) is 0 Å². The Morgan fingerprint density at radius 3 is 2.39 bits per heavy atom. The SMILES string of the molecule is Cc1cc2c(cnn2C2CCCCO2)c(B2OC(C)(C)C(C)(C)O2)c1CCCO[Si](C)(C)C(C)(C)C. The first-order valence-electron chi connectivity index (χ1n) is 13.8. The van der Waals surface area contributed by atoms with Gasteiger partial charge in [0.15, 0.2) is 14.5 Å². The van der Waals surface area contributed by atoms with Gasteiger partial charge in [0.1, 0.15) is 0 Å². The van der Waals surface area contributed by atoms with Gasteiger partial charge in [0.2, 0.25) is 0 Å². The summed E-state index contributed by atoms with van der Waals surface area (Å²) in [6, 6.07) is 2.28. The quantitative estimate of drug-likeness (QED) is 0.321. The van der Waals surface area contributed by atoms with Crippen molar-refractivity contribution in [2.75, 3.05) is 13.2 Å². The zero-order chi connectivity index (χ0) is 26.5. The molecule has 1 aromatic carbocycles. The van der Waals surface area contributed by atoms with Crippen LogP contribution in [0.2, 0.25) is 18.1 Å². The summed E-state index contributed by atoms with van der Waals surface area (Å²) in [4.78, 5) is 0. The predicted octanol–water partition coefficient (Wildman–Crippen LogP) is 6.30. The Balaban J connectivity index is 1.69. The minimum absolute atomic E-state index is 0.00867. The fourth-order valence-electron chi connectivity index (χ4n) is 4.89. The molecule has 1 unspecified atom stereocenters. The van der Waals surface area contributed by atoms with E-state index in [4.69, 9.17) is 23.6 Å². The fourth-order valence-corrected chi connectivity index (χ4v) is 5.98. The molecular formula is C28H47BN2O4Si. The van der Waals surface area contributed by atoms with Crippen LogP contribution in [0.15, 0.2) is 12.3 Å². The lowest BCUT2D eigenvalue weighted by molar-refractivity contribution is -0.0366. The van der Waals surface area contributed by atoms with E-state index in [1.807, 2.05) is 6.20 Å². The van der Waals surface area contributed by atoms with Crippen LogP contribution in [0, 0.1) is 6.92 Å². The molecule has 4 rings (SSSR count). The second-order valence-electron chi connectivity index (χ2n) is 13.2. The number of aryl methyl sites for hydroxylation is 1. The number of hydrogen-bond donors (Lipinski definition) is 0. The zero-order valence-electron chi connectivity index (χ0n) is 24.3. The molecule has 36 heavy (non-hydrogen) atoms. The van der Waals surface area contributed by atoms with Gasteiger partial charge >= 0.3 is 7.12 Å². The van der Waals surface area contributed by atoms with Crippen LogP contribution in [0.5, 0.6) is 0 Å². The van der Waals surface area contributed by atoms with E-state index in [-0.39, 0.29) is 11.3 Å². The molecule has 0 radical (unpaired) electrons. The van der Waals surface area contributed by atoms with Gasteiger partial charge in [-0.05, 0) is 108 Å². The monoisotopic (exact) mass is 514 g/mol. The molecule has 1 atom stereocenters. The molecule has 2 saturated heterocycles. The topological polar surface area (TPSA) is 54.7 Å². The first-order chi connectivity index (χ1) is 16.6. The molecule has 2 aromatic rings. The maximum Gasteiger partial charge on any atom is 0.495 e. The highest BCUT2D eigenvalue weighted by Gasteiger charge is 2.53. The van der Waals surface area contributed by atoms with E-state index >= 15 is 0 Å². The Kier molecular flexibility index (Phi) is 7.61. The van der Waals surface area contributed by atoms with E-state index in [1.54, 1.807) is 0 Å². The van der Waals surface area contributed by atoms with Gasteiger partial charge in [-0.15, -0.1) is 0 Å². The number of fused-ring (bicyclic) bond motifs is 1. The van der Waals surface area contributed by atoms with Crippen LogP contribution in [0.4, 0.5) is 0 Å². The van der Waals surface area contributed by atoms with Gasteiger partial charge in [-0.25, -0.2) is 4.68 Å². The lowest BCUT2D eigenvalue weighted by atomic mass is 9.72. The van der Waals surface area contributed by atoms with Crippen molar-refractivity contribution in [3.63, 3.8) is 0 Å². The number of hydrogen-bond acceptors (Lipinski definition) is 5. The Morgan fingerprint density at radius 2 is 1.81 bits per heavy atom. The van der Waals surface area contributed by atoms with Crippen molar-refractivity contribution in [1.29, 1.82) is 0 Å². The molecule has 2 aliphatic rings. The van der Waals surface area contributed by atoms with Crippen LogP contribution >= 0.6 is 0 Å². The van der Waals surface area contributed by atoms with E-state index in [1.165, 1.54) is 17.5 Å². The maximum absolute atomic E-state index is 6.60. The van der Waals surface area contributed by atoms with Crippen LogP contribution in [-0.4, -0.2) is 49.6 Å². The van der Waals surface area contributed by atoms with Crippen LogP contribution in [0.25, 0.3) is 10.9 Å². The molecule has 2 aliphatic heterocycles. The molecule has 2 fully saturated rings. The van der Waals surface area contributed by atoms with Gasteiger partial charge in [0, 0.05) is 18.6 Å². The Hall–Kier alpha value is -1.19. The van der Waals surface area contributed by atoms with E-state index in [0.717, 1.165) is 55.3 Å². The van der Waals surface area contributed by atoms with Gasteiger partial charge in [0.25, 0.3) is 0 Å². The average Bonchev–Trinajstić information content (AvgIpc) is 3.27. The van der Waals surface area contributed by atoms with Crippen molar-refractivity contribution < 1.29 is 18.5 Å². The summed E-state index contributed by atoms with van der Waals surface area (Å²) in [7, 11) is -2.20. The largest absolute Gasteiger partial charge is 0.495 e. The molecule has 200 valence electrons. The molecule has 0 amide bonds. The highest BCUT2D eigenvalue weighted by atomic mass is 28.4. The third-order valence-corrected chi connectivity index (χ3v) is 13.6. The first kappa shape index (κ1) is 27.8. The Morgan fingerprint density at radius 1 is 1.14 bits per heavy atom. The number of aromatic nitrogens is 2. The number of nitrogens with zero attached hydrogens (tertiary/aromatic N) is 2. The molecule has 6 nitrogen and oxygen atoms in total. The van der Waals surface area contributed by atoms with E-state index in [0.29, 0.717) is 0 Å². The van der Waals surface area contributed by atoms with E-state index < -0.39 is 26.6 Å². The summed E-state index contributed by atoms with van der Waals surface area (Å²) in [5.41, 5.74) is 3.96. The van der Waals surface area contributed by atoms with Crippen LogP contribution in [-0.2, 0) is 24.9 Å². The highest BCUT2D eigenvalue weighted by molar-refractivity contribution is 6.74. The van der Waals surface area contributed by atoms with Crippen LogP contribution < -0.4 is 5.46 Å². The third-order valence-electron chi connectivity index (χ3n) is 9.04. The Labute approximate surface area is 219 Å². The second kappa shape index (κ2) is 9.84. The standard InChI is InChI=1S/C28H47BN2O4Si/c1-20-18-23-22(19-30-31(23)24-15-11-12-16-32-24)25(29-34-27(5,6)28(7,8)35-29)21(20)14-13-17-33-36(9,10)26(2,3)4/h18-19,24H,11-17H2,1-10H3. The molecule has 3 heterocycles. The lowest BCUT2D eigenvalue weighted by Crippen LogP contribution is -2.41. The van der Waals surface area contributed by atoms with Gasteiger partial charge in [-0.3, -0.25) is 0 Å². The zero-order valence-corrected chi connectivity index (χ0v) is 25.3. The molecule has 0 aliphatic carbocycles. The van der Waals surface area contributed by atoms with Crippen molar-refractivity contribution >= 4 is 31.8 Å². The van der Waals surface area contributed by atoms with E-state index in [2.05, 4.69) is 79.2 Å². The summed E-state index contributed by atoms with van der Waals surface area (Å²) in [5.74, 6) is 0. The summed E-state index contributed by atoms with van der Waals surface area (Å²) >= 11 is 0. The second-order valence-corrected chi connectivity index (χ2v) is 18.0. The third kappa shape index (κ3) is 5.21. The van der Waals surface area contributed by atoms with Crippen molar-refractivity contribution in [3.8, 4) is 0 Å². The molecule has 0 N–H and O–H groups in total. The average molecular weight is 515 g/mol.